The van der Waals surface area contributed by atoms with Crippen LogP contribution in [0.25, 0.3) is 0 Å². The molecule has 0 aliphatic carbocycles. The van der Waals surface area contributed by atoms with Gasteiger partial charge in [-0.1, -0.05) is 25.9 Å². The van der Waals surface area contributed by atoms with E-state index in [0.717, 1.165) is 31.9 Å². The maximum atomic E-state index is 5.09. The Kier molecular flexibility index (Phi) is 4.93. The molecular weight excluding hydrogens is 240 g/mol. The van der Waals surface area contributed by atoms with E-state index in [1.807, 2.05) is 0 Å². The first-order chi connectivity index (χ1) is 9.23. The minimum Gasteiger partial charge on any atom is -0.340 e. The van der Waals surface area contributed by atoms with Crippen molar-refractivity contribution in [2.75, 3.05) is 19.6 Å². The van der Waals surface area contributed by atoms with Crippen LogP contribution in [0.15, 0.2) is 10.9 Å². The van der Waals surface area contributed by atoms with Gasteiger partial charge < -0.3 is 9.84 Å². The van der Waals surface area contributed by atoms with E-state index in [0.29, 0.717) is 6.04 Å². The summed E-state index contributed by atoms with van der Waals surface area (Å²) >= 11 is 0. The molecule has 19 heavy (non-hydrogen) atoms. The molecule has 0 spiro atoms. The summed E-state index contributed by atoms with van der Waals surface area (Å²) in [6, 6.07) is 0.620. The van der Waals surface area contributed by atoms with Crippen molar-refractivity contribution in [3.63, 3.8) is 0 Å². The quantitative estimate of drug-likeness (QED) is 0.851. The molecular formula is C14H26N4O. The highest BCUT2D eigenvalue weighted by Gasteiger charge is 2.35. The van der Waals surface area contributed by atoms with E-state index in [4.69, 9.17) is 4.52 Å². The number of hydrogen-bond acceptors (Lipinski definition) is 5. The van der Waals surface area contributed by atoms with Crippen LogP contribution in [0.3, 0.4) is 0 Å². The molecule has 1 atom stereocenters. The maximum Gasteiger partial charge on any atom is 0.227 e. The van der Waals surface area contributed by atoms with E-state index in [1.54, 1.807) is 0 Å². The normalized spacial score (nSPS) is 23.6. The first-order valence-electron chi connectivity index (χ1n) is 7.47. The molecule has 1 aliphatic rings. The Morgan fingerprint density at radius 1 is 1.42 bits per heavy atom. The molecule has 1 aromatic rings. The fourth-order valence-corrected chi connectivity index (χ4v) is 2.97. The lowest BCUT2D eigenvalue weighted by molar-refractivity contribution is 0.0698. The van der Waals surface area contributed by atoms with Crippen molar-refractivity contribution in [1.29, 1.82) is 0 Å². The molecule has 1 unspecified atom stereocenters. The van der Waals surface area contributed by atoms with Crippen LogP contribution in [0.5, 0.6) is 0 Å². The van der Waals surface area contributed by atoms with Crippen molar-refractivity contribution >= 4 is 0 Å². The molecule has 1 N–H and O–H groups in total. The van der Waals surface area contributed by atoms with Crippen LogP contribution < -0.4 is 5.32 Å². The Morgan fingerprint density at radius 3 is 2.79 bits per heavy atom. The highest BCUT2D eigenvalue weighted by molar-refractivity contribution is 4.97. The Morgan fingerprint density at radius 2 is 2.21 bits per heavy atom. The van der Waals surface area contributed by atoms with Crippen LogP contribution in [0.2, 0.25) is 0 Å². The lowest BCUT2D eigenvalue weighted by Crippen LogP contribution is -2.63. The zero-order valence-corrected chi connectivity index (χ0v) is 12.4. The number of piperazine rings is 1. The second-order valence-electron chi connectivity index (χ2n) is 5.49. The first-order valence-corrected chi connectivity index (χ1v) is 7.47. The summed E-state index contributed by atoms with van der Waals surface area (Å²) in [7, 11) is 0. The number of hydrogen-bond donors (Lipinski definition) is 1. The summed E-state index contributed by atoms with van der Waals surface area (Å²) < 4.78 is 5.09. The van der Waals surface area contributed by atoms with Crippen molar-refractivity contribution in [1.82, 2.24) is 20.4 Å². The molecule has 0 saturated carbocycles. The lowest BCUT2D eigenvalue weighted by Gasteiger charge is -2.47. The molecule has 0 amide bonds. The van der Waals surface area contributed by atoms with Crippen LogP contribution >= 0.6 is 0 Å². The monoisotopic (exact) mass is 266 g/mol. The van der Waals surface area contributed by atoms with Gasteiger partial charge in [0, 0.05) is 37.6 Å². The predicted octanol–water partition coefficient (Wildman–Crippen LogP) is 1.85. The SMILES string of the molecule is CCC1CNC(CC)(CC)CN1CCc1ncno1. The van der Waals surface area contributed by atoms with Crippen LogP contribution in [0.1, 0.15) is 45.9 Å². The number of nitrogens with zero attached hydrogens (tertiary/aromatic N) is 3. The van der Waals surface area contributed by atoms with Gasteiger partial charge in [-0.2, -0.15) is 4.98 Å². The average Bonchev–Trinajstić information content (AvgIpc) is 2.98. The molecule has 0 bridgehead atoms. The van der Waals surface area contributed by atoms with Crippen LogP contribution in [0.4, 0.5) is 0 Å². The molecule has 0 radical (unpaired) electrons. The fraction of sp³-hybridized carbons (Fsp3) is 0.857. The van der Waals surface area contributed by atoms with E-state index < -0.39 is 0 Å². The third kappa shape index (κ3) is 3.34. The smallest absolute Gasteiger partial charge is 0.227 e. The highest BCUT2D eigenvalue weighted by atomic mass is 16.5. The number of nitrogens with one attached hydrogen (secondary N) is 1. The minimum absolute atomic E-state index is 0.278. The van der Waals surface area contributed by atoms with Gasteiger partial charge in [0.25, 0.3) is 0 Å². The Labute approximate surface area is 115 Å². The zero-order valence-electron chi connectivity index (χ0n) is 12.4. The third-order valence-corrected chi connectivity index (χ3v) is 4.58. The van der Waals surface area contributed by atoms with Gasteiger partial charge in [-0.05, 0) is 19.3 Å². The topological polar surface area (TPSA) is 54.2 Å². The highest BCUT2D eigenvalue weighted by Crippen LogP contribution is 2.23. The summed E-state index contributed by atoms with van der Waals surface area (Å²) in [6.45, 7) is 10.0. The van der Waals surface area contributed by atoms with Crippen LogP contribution in [0, 0.1) is 0 Å². The van der Waals surface area contributed by atoms with E-state index >= 15 is 0 Å². The second-order valence-corrected chi connectivity index (χ2v) is 5.49. The van der Waals surface area contributed by atoms with Gasteiger partial charge >= 0.3 is 0 Å². The molecule has 108 valence electrons. The van der Waals surface area contributed by atoms with E-state index in [2.05, 4.69) is 41.1 Å². The molecule has 2 heterocycles. The molecule has 0 aromatic carbocycles. The van der Waals surface area contributed by atoms with Gasteiger partial charge in [0.2, 0.25) is 5.89 Å². The molecule has 1 fully saturated rings. The van der Waals surface area contributed by atoms with Gasteiger partial charge in [-0.25, -0.2) is 0 Å². The van der Waals surface area contributed by atoms with Gasteiger partial charge in [0.05, 0.1) is 0 Å². The van der Waals surface area contributed by atoms with Crippen molar-refractivity contribution in [3.8, 4) is 0 Å². The van der Waals surface area contributed by atoms with E-state index in [9.17, 15) is 0 Å². The Balaban J connectivity index is 1.97. The third-order valence-electron chi connectivity index (χ3n) is 4.58. The van der Waals surface area contributed by atoms with Crippen molar-refractivity contribution in [2.24, 2.45) is 0 Å². The van der Waals surface area contributed by atoms with Crippen molar-refractivity contribution in [3.05, 3.63) is 12.2 Å². The summed E-state index contributed by atoms with van der Waals surface area (Å²) in [5, 5.41) is 7.43. The minimum atomic E-state index is 0.278. The fourth-order valence-electron chi connectivity index (χ4n) is 2.97. The Hall–Kier alpha value is -0.940. The van der Waals surface area contributed by atoms with Gasteiger partial charge in [-0.15, -0.1) is 0 Å². The molecule has 1 aromatic heterocycles. The number of aromatic nitrogens is 2. The molecule has 1 aliphatic heterocycles. The molecule has 5 nitrogen and oxygen atoms in total. The summed E-state index contributed by atoms with van der Waals surface area (Å²) in [6.07, 6.45) is 5.86. The van der Waals surface area contributed by atoms with E-state index in [1.165, 1.54) is 25.6 Å². The molecule has 1 saturated heterocycles. The Bertz CT molecular complexity index is 362. The van der Waals surface area contributed by atoms with E-state index in [-0.39, 0.29) is 5.54 Å². The van der Waals surface area contributed by atoms with Crippen molar-refractivity contribution in [2.45, 2.75) is 58.0 Å². The van der Waals surface area contributed by atoms with Crippen LogP contribution in [-0.4, -0.2) is 46.3 Å². The maximum absolute atomic E-state index is 5.09. The summed E-state index contributed by atoms with van der Waals surface area (Å²) in [5.74, 6) is 0.743. The largest absolute Gasteiger partial charge is 0.340 e. The van der Waals surface area contributed by atoms with Gasteiger partial charge in [0.15, 0.2) is 6.33 Å². The number of rotatable bonds is 6. The average molecular weight is 266 g/mol. The van der Waals surface area contributed by atoms with Gasteiger partial charge in [-0.3, -0.25) is 4.90 Å². The standard InChI is InChI=1S/C14H26N4O/c1-4-12-9-16-14(5-2,6-3)10-18(12)8-7-13-15-11-17-19-13/h11-12,16H,4-10H2,1-3H3. The second kappa shape index (κ2) is 6.48. The van der Waals surface area contributed by atoms with Crippen molar-refractivity contribution < 1.29 is 4.52 Å². The lowest BCUT2D eigenvalue weighted by atomic mass is 9.88. The summed E-state index contributed by atoms with van der Waals surface area (Å²) in [4.78, 5) is 6.70. The van der Waals surface area contributed by atoms with Crippen LogP contribution in [-0.2, 0) is 6.42 Å². The van der Waals surface area contributed by atoms with Gasteiger partial charge in [0.1, 0.15) is 0 Å². The first kappa shape index (κ1) is 14.5. The molecule has 5 heteroatoms. The summed E-state index contributed by atoms with van der Waals surface area (Å²) in [5.41, 5.74) is 0.278. The predicted molar refractivity (Wildman–Crippen MR) is 75.0 cm³/mol. The molecule has 2 rings (SSSR count). The zero-order chi connectivity index (χ0) is 13.7.